The first-order chi connectivity index (χ1) is 14.0. The van der Waals surface area contributed by atoms with E-state index in [9.17, 15) is 9.59 Å². The Balaban J connectivity index is 1.39. The van der Waals surface area contributed by atoms with Crippen LogP contribution >= 0.6 is 11.8 Å². The van der Waals surface area contributed by atoms with E-state index in [4.69, 9.17) is 13.9 Å². The molecule has 4 rings (SSSR count). The van der Waals surface area contributed by atoms with Crippen LogP contribution in [-0.4, -0.2) is 33.9 Å². The Morgan fingerprint density at radius 2 is 1.83 bits per heavy atom. The zero-order valence-corrected chi connectivity index (χ0v) is 16.5. The monoisotopic (exact) mass is 411 g/mol. The molecule has 148 valence electrons. The van der Waals surface area contributed by atoms with Crippen molar-refractivity contribution in [1.29, 1.82) is 0 Å². The normalized spacial score (nSPS) is 13.2. The van der Waals surface area contributed by atoms with Gasteiger partial charge in [0.1, 0.15) is 0 Å². The second-order valence-corrected chi connectivity index (χ2v) is 7.62. The minimum atomic E-state index is -0.465. The fourth-order valence-electron chi connectivity index (χ4n) is 2.64. The van der Waals surface area contributed by atoms with Gasteiger partial charge in [0.15, 0.2) is 17.3 Å². The number of ketones is 1. The molecule has 1 aliphatic rings. The fourth-order valence-corrected chi connectivity index (χ4v) is 3.32. The molecule has 29 heavy (non-hydrogen) atoms. The maximum Gasteiger partial charge on any atom is 0.277 e. The lowest BCUT2D eigenvalue weighted by Crippen LogP contribution is -2.22. The first kappa shape index (κ1) is 19.0. The summed E-state index contributed by atoms with van der Waals surface area (Å²) in [7, 11) is 0. The predicted octanol–water partition coefficient (Wildman–Crippen LogP) is 3.79. The Labute approximate surface area is 170 Å². The van der Waals surface area contributed by atoms with Gasteiger partial charge in [0.2, 0.25) is 18.6 Å². The number of carbonyl (C=O) groups excluding carboxylic acids is 2. The number of carbonyl (C=O) groups is 2. The number of nitrogens with zero attached hydrogens (tertiary/aromatic N) is 2. The van der Waals surface area contributed by atoms with E-state index in [1.54, 1.807) is 49.4 Å². The topological polar surface area (TPSA) is 104 Å². The highest BCUT2D eigenvalue weighted by Gasteiger charge is 2.20. The highest BCUT2D eigenvalue weighted by Crippen LogP contribution is 2.36. The zero-order valence-electron chi connectivity index (χ0n) is 15.7. The molecule has 0 saturated carbocycles. The van der Waals surface area contributed by atoms with Crippen LogP contribution in [0.2, 0.25) is 0 Å². The Morgan fingerprint density at radius 1 is 1.07 bits per heavy atom. The average Bonchev–Trinajstić information content (AvgIpc) is 3.37. The molecule has 1 amide bonds. The number of amides is 1. The minimum Gasteiger partial charge on any atom is -0.454 e. The number of hydrogen-bond donors (Lipinski definition) is 1. The molecule has 8 nitrogen and oxygen atoms in total. The molecule has 1 aliphatic heterocycles. The van der Waals surface area contributed by atoms with Gasteiger partial charge in [-0.1, -0.05) is 11.8 Å². The van der Waals surface area contributed by atoms with E-state index in [1.807, 2.05) is 0 Å². The van der Waals surface area contributed by atoms with Crippen molar-refractivity contribution in [2.45, 2.75) is 24.3 Å². The van der Waals surface area contributed by atoms with Crippen LogP contribution in [0.4, 0.5) is 5.69 Å². The third kappa shape index (κ3) is 4.24. The number of thioether (sulfide) groups is 1. The van der Waals surface area contributed by atoms with E-state index >= 15 is 0 Å². The molecule has 2 heterocycles. The van der Waals surface area contributed by atoms with Crippen LogP contribution in [-0.2, 0) is 4.79 Å². The smallest absolute Gasteiger partial charge is 0.277 e. The summed E-state index contributed by atoms with van der Waals surface area (Å²) >= 11 is 1.16. The molecule has 3 aromatic rings. The Morgan fingerprint density at radius 3 is 2.59 bits per heavy atom. The molecular formula is C20H17N3O5S. The Kier molecular flexibility index (Phi) is 5.22. The van der Waals surface area contributed by atoms with E-state index in [-0.39, 0.29) is 23.7 Å². The largest absolute Gasteiger partial charge is 0.454 e. The van der Waals surface area contributed by atoms with Crippen LogP contribution in [0.15, 0.2) is 52.1 Å². The van der Waals surface area contributed by atoms with Gasteiger partial charge in [-0.2, -0.15) is 0 Å². The van der Waals surface area contributed by atoms with Gasteiger partial charge in [0.25, 0.3) is 5.22 Å². The van der Waals surface area contributed by atoms with Gasteiger partial charge in [0, 0.05) is 16.8 Å². The highest BCUT2D eigenvalue weighted by atomic mass is 32.2. The molecule has 0 aliphatic carbocycles. The van der Waals surface area contributed by atoms with Gasteiger partial charge in [-0.3, -0.25) is 9.59 Å². The molecule has 0 saturated heterocycles. The number of nitrogens with one attached hydrogen (secondary N) is 1. The van der Waals surface area contributed by atoms with Crippen molar-refractivity contribution < 1.29 is 23.5 Å². The lowest BCUT2D eigenvalue weighted by Gasteiger charge is -2.10. The van der Waals surface area contributed by atoms with E-state index in [0.29, 0.717) is 34.2 Å². The molecule has 0 fully saturated rings. The zero-order chi connectivity index (χ0) is 20.4. The van der Waals surface area contributed by atoms with Crippen molar-refractivity contribution in [2.24, 2.45) is 0 Å². The van der Waals surface area contributed by atoms with Gasteiger partial charge in [-0.05, 0) is 56.3 Å². The quantitative estimate of drug-likeness (QED) is 0.483. The molecular weight excluding hydrogens is 394 g/mol. The summed E-state index contributed by atoms with van der Waals surface area (Å²) in [4.78, 5) is 23.7. The third-order valence-electron chi connectivity index (χ3n) is 4.23. The number of benzene rings is 2. The second kappa shape index (κ2) is 7.96. The third-order valence-corrected chi connectivity index (χ3v) is 5.17. The van der Waals surface area contributed by atoms with Crippen molar-refractivity contribution in [2.75, 3.05) is 12.1 Å². The SMILES string of the molecule is CC(=O)c1ccc(NC(=O)C(C)Sc2nnc(-c3ccc4c(c3)OCO4)o2)cc1. The molecule has 0 radical (unpaired) electrons. The number of Topliss-reactive ketones (excluding diaryl/α,β-unsaturated/α-hetero) is 1. The van der Waals surface area contributed by atoms with Crippen molar-refractivity contribution in [3.63, 3.8) is 0 Å². The number of hydrogen-bond acceptors (Lipinski definition) is 8. The molecule has 1 aromatic heterocycles. The molecule has 0 bridgehead atoms. The summed E-state index contributed by atoms with van der Waals surface area (Å²) in [6.07, 6.45) is 0. The number of aromatic nitrogens is 2. The Bertz CT molecular complexity index is 1060. The number of ether oxygens (including phenoxy) is 2. The molecule has 0 spiro atoms. The molecule has 1 N–H and O–H groups in total. The van der Waals surface area contributed by atoms with E-state index in [2.05, 4.69) is 15.5 Å². The molecule has 2 aromatic carbocycles. The predicted molar refractivity (Wildman–Crippen MR) is 106 cm³/mol. The Hall–Kier alpha value is -3.33. The lowest BCUT2D eigenvalue weighted by molar-refractivity contribution is -0.115. The van der Waals surface area contributed by atoms with Gasteiger partial charge >= 0.3 is 0 Å². The lowest BCUT2D eigenvalue weighted by atomic mass is 10.1. The number of anilines is 1. The van der Waals surface area contributed by atoms with Crippen molar-refractivity contribution >= 4 is 29.1 Å². The minimum absolute atomic E-state index is 0.0264. The average molecular weight is 411 g/mol. The summed E-state index contributed by atoms with van der Waals surface area (Å²) < 4.78 is 16.3. The van der Waals surface area contributed by atoms with Crippen LogP contribution in [0.3, 0.4) is 0 Å². The van der Waals surface area contributed by atoms with Crippen LogP contribution in [0.5, 0.6) is 11.5 Å². The summed E-state index contributed by atoms with van der Waals surface area (Å²) in [5.41, 5.74) is 1.91. The van der Waals surface area contributed by atoms with Crippen molar-refractivity contribution in [3.8, 4) is 23.0 Å². The maximum absolute atomic E-state index is 12.4. The van der Waals surface area contributed by atoms with Gasteiger partial charge in [0.05, 0.1) is 5.25 Å². The van der Waals surface area contributed by atoms with E-state index in [0.717, 1.165) is 11.8 Å². The van der Waals surface area contributed by atoms with Crippen LogP contribution in [0, 0.1) is 0 Å². The number of rotatable bonds is 6. The summed E-state index contributed by atoms with van der Waals surface area (Å²) in [5.74, 6) is 1.39. The first-order valence-corrected chi connectivity index (χ1v) is 9.69. The number of fused-ring (bicyclic) bond motifs is 1. The summed E-state index contributed by atoms with van der Waals surface area (Å²) in [5, 5.41) is 10.7. The molecule has 1 unspecified atom stereocenters. The van der Waals surface area contributed by atoms with Crippen molar-refractivity contribution in [3.05, 3.63) is 48.0 Å². The van der Waals surface area contributed by atoms with Crippen LogP contribution in [0.25, 0.3) is 11.5 Å². The molecule has 9 heteroatoms. The van der Waals surface area contributed by atoms with E-state index in [1.165, 1.54) is 6.92 Å². The van der Waals surface area contributed by atoms with Crippen molar-refractivity contribution in [1.82, 2.24) is 10.2 Å². The van der Waals surface area contributed by atoms with Crippen LogP contribution in [0.1, 0.15) is 24.2 Å². The van der Waals surface area contributed by atoms with Crippen LogP contribution < -0.4 is 14.8 Å². The summed E-state index contributed by atoms with van der Waals surface area (Å²) in [6, 6.07) is 12.1. The molecule has 1 atom stereocenters. The van der Waals surface area contributed by atoms with Gasteiger partial charge in [-0.25, -0.2) is 0 Å². The first-order valence-electron chi connectivity index (χ1n) is 8.81. The standard InChI is InChI=1S/C20H17N3O5S/c1-11(24)13-3-6-15(7-4-13)21-18(25)12(2)29-20-23-22-19(28-20)14-5-8-16-17(9-14)27-10-26-16/h3-9,12H,10H2,1-2H3,(H,21,25). The summed E-state index contributed by atoms with van der Waals surface area (Å²) in [6.45, 7) is 3.43. The van der Waals surface area contributed by atoms with E-state index < -0.39 is 5.25 Å². The highest BCUT2D eigenvalue weighted by molar-refractivity contribution is 8.00. The van der Waals surface area contributed by atoms with Gasteiger partial charge < -0.3 is 19.2 Å². The fraction of sp³-hybridized carbons (Fsp3) is 0.200. The second-order valence-electron chi connectivity index (χ2n) is 6.32. The maximum atomic E-state index is 12.4. The van der Waals surface area contributed by atoms with Gasteiger partial charge in [-0.15, -0.1) is 10.2 Å².